The van der Waals surface area contributed by atoms with Crippen LogP contribution in [0.3, 0.4) is 0 Å². The fourth-order valence-electron chi connectivity index (χ4n) is 3.96. The van der Waals surface area contributed by atoms with Crippen LogP contribution in [0.5, 0.6) is 5.88 Å². The summed E-state index contributed by atoms with van der Waals surface area (Å²) in [6, 6.07) is 6.66. The number of hydrogen-bond donors (Lipinski definition) is 0. The van der Waals surface area contributed by atoms with Gasteiger partial charge in [0.1, 0.15) is 0 Å². The summed E-state index contributed by atoms with van der Waals surface area (Å²) in [5.41, 5.74) is 0.743. The first-order valence-corrected chi connectivity index (χ1v) is 12.1. The minimum Gasteiger partial charge on any atom is -0.406 e. The SMILES string of the molecule is Cc1ccc(S(=O)(=O)c2c(C)nn(C(C)(C)C)c2OC(=O)CC2CCCCC2)cc1. The number of nitrogens with zero attached hydrogens (tertiary/aromatic N) is 2. The lowest BCUT2D eigenvalue weighted by atomic mass is 9.87. The smallest absolute Gasteiger partial charge is 0.312 e. The highest BCUT2D eigenvalue weighted by Crippen LogP contribution is 2.36. The number of ether oxygens (including phenoxy) is 1. The van der Waals surface area contributed by atoms with Crippen LogP contribution in [-0.4, -0.2) is 24.2 Å². The molecular formula is C23H32N2O4S. The number of esters is 1. The molecule has 1 aliphatic carbocycles. The van der Waals surface area contributed by atoms with Gasteiger partial charge in [-0.05, 0) is 65.5 Å². The zero-order chi connectivity index (χ0) is 22.1. The average molecular weight is 433 g/mol. The summed E-state index contributed by atoms with van der Waals surface area (Å²) in [6.45, 7) is 9.25. The zero-order valence-corrected chi connectivity index (χ0v) is 19.4. The minimum absolute atomic E-state index is 0.0152. The van der Waals surface area contributed by atoms with Gasteiger partial charge in [0.2, 0.25) is 15.7 Å². The molecule has 30 heavy (non-hydrogen) atoms. The Balaban J connectivity index is 2.02. The van der Waals surface area contributed by atoms with Crippen molar-refractivity contribution in [1.82, 2.24) is 9.78 Å². The Labute approximate surface area is 179 Å². The van der Waals surface area contributed by atoms with Gasteiger partial charge in [-0.1, -0.05) is 37.0 Å². The number of hydrogen-bond acceptors (Lipinski definition) is 5. The molecule has 0 spiro atoms. The largest absolute Gasteiger partial charge is 0.406 e. The molecule has 1 heterocycles. The van der Waals surface area contributed by atoms with Crippen LogP contribution in [-0.2, 0) is 20.2 Å². The lowest BCUT2D eigenvalue weighted by Crippen LogP contribution is -2.26. The summed E-state index contributed by atoms with van der Waals surface area (Å²) < 4.78 is 34.2. The van der Waals surface area contributed by atoms with Crippen molar-refractivity contribution < 1.29 is 17.9 Å². The maximum atomic E-state index is 13.5. The van der Waals surface area contributed by atoms with Gasteiger partial charge in [0, 0.05) is 6.42 Å². The Hall–Kier alpha value is -2.15. The zero-order valence-electron chi connectivity index (χ0n) is 18.6. The molecule has 0 amide bonds. The monoisotopic (exact) mass is 432 g/mol. The molecule has 0 radical (unpaired) electrons. The van der Waals surface area contributed by atoms with E-state index in [1.165, 1.54) is 11.1 Å². The van der Waals surface area contributed by atoms with Crippen molar-refractivity contribution in [2.24, 2.45) is 5.92 Å². The summed E-state index contributed by atoms with van der Waals surface area (Å²) in [7, 11) is -3.90. The summed E-state index contributed by atoms with van der Waals surface area (Å²) >= 11 is 0. The summed E-state index contributed by atoms with van der Waals surface area (Å²) in [5.74, 6) is -0.0791. The molecule has 3 rings (SSSR count). The highest BCUT2D eigenvalue weighted by Gasteiger charge is 2.35. The fraction of sp³-hybridized carbons (Fsp3) is 0.565. The van der Waals surface area contributed by atoms with Crippen LogP contribution >= 0.6 is 0 Å². The topological polar surface area (TPSA) is 78.3 Å². The quantitative estimate of drug-likeness (QED) is 0.624. The predicted octanol–water partition coefficient (Wildman–Crippen LogP) is 4.96. The van der Waals surface area contributed by atoms with E-state index in [9.17, 15) is 13.2 Å². The Morgan fingerprint density at radius 2 is 1.70 bits per heavy atom. The van der Waals surface area contributed by atoms with E-state index in [2.05, 4.69) is 5.10 Å². The van der Waals surface area contributed by atoms with Crippen molar-refractivity contribution in [2.45, 2.75) is 88.5 Å². The lowest BCUT2D eigenvalue weighted by molar-refractivity contribution is -0.136. The third-order valence-corrected chi connectivity index (χ3v) is 7.49. The van der Waals surface area contributed by atoms with Crippen LogP contribution in [0.25, 0.3) is 0 Å². The van der Waals surface area contributed by atoms with Gasteiger partial charge in [-0.25, -0.2) is 13.1 Å². The normalized spacial score (nSPS) is 15.9. The van der Waals surface area contributed by atoms with Crippen molar-refractivity contribution in [3.63, 3.8) is 0 Å². The Bertz CT molecular complexity index is 1010. The first-order chi connectivity index (χ1) is 14.0. The number of carbonyl (C=O) groups is 1. The number of rotatable bonds is 5. The van der Waals surface area contributed by atoms with E-state index in [4.69, 9.17) is 4.74 Å². The maximum absolute atomic E-state index is 13.5. The second kappa shape index (κ2) is 8.53. The van der Waals surface area contributed by atoms with E-state index in [-0.39, 0.29) is 15.7 Å². The number of benzene rings is 1. The molecule has 7 heteroatoms. The number of aromatic nitrogens is 2. The molecule has 1 fully saturated rings. The minimum atomic E-state index is -3.90. The summed E-state index contributed by atoms with van der Waals surface area (Å²) in [5, 5.41) is 4.45. The van der Waals surface area contributed by atoms with Gasteiger partial charge in [0.15, 0.2) is 4.90 Å². The molecule has 1 aromatic heterocycles. The molecular weight excluding hydrogens is 400 g/mol. The van der Waals surface area contributed by atoms with Gasteiger partial charge >= 0.3 is 5.97 Å². The lowest BCUT2D eigenvalue weighted by Gasteiger charge is -2.23. The summed E-state index contributed by atoms with van der Waals surface area (Å²) in [4.78, 5) is 12.9. The van der Waals surface area contributed by atoms with Gasteiger partial charge in [0.25, 0.3) is 0 Å². The van der Waals surface area contributed by atoms with E-state index < -0.39 is 21.3 Å². The third kappa shape index (κ3) is 4.77. The van der Waals surface area contributed by atoms with Crippen LogP contribution in [0.15, 0.2) is 34.1 Å². The van der Waals surface area contributed by atoms with E-state index in [0.29, 0.717) is 18.0 Å². The van der Waals surface area contributed by atoms with Gasteiger partial charge in [0.05, 0.1) is 16.1 Å². The van der Waals surface area contributed by atoms with Crippen molar-refractivity contribution in [3.8, 4) is 5.88 Å². The molecule has 0 aliphatic heterocycles. The Morgan fingerprint density at radius 3 is 2.27 bits per heavy atom. The molecule has 0 N–H and O–H groups in total. The Morgan fingerprint density at radius 1 is 1.10 bits per heavy atom. The van der Waals surface area contributed by atoms with Crippen molar-refractivity contribution in [3.05, 3.63) is 35.5 Å². The van der Waals surface area contributed by atoms with Crippen LogP contribution < -0.4 is 4.74 Å². The molecule has 2 aromatic rings. The van der Waals surface area contributed by atoms with Crippen LogP contribution in [0, 0.1) is 19.8 Å². The van der Waals surface area contributed by atoms with Crippen LogP contribution in [0.1, 0.15) is 70.6 Å². The van der Waals surface area contributed by atoms with Gasteiger partial charge in [-0.15, -0.1) is 0 Å². The fourth-order valence-corrected chi connectivity index (χ4v) is 5.47. The maximum Gasteiger partial charge on any atom is 0.312 e. The standard InChI is InChI=1S/C23H32N2O4S/c1-16-11-13-19(14-12-16)30(27,28)21-17(2)24-25(23(3,4)5)22(21)29-20(26)15-18-9-7-6-8-10-18/h11-14,18H,6-10,15H2,1-5H3. The number of carbonyl (C=O) groups excluding carboxylic acids is 1. The molecule has 1 aliphatic rings. The molecule has 164 valence electrons. The molecule has 1 saturated carbocycles. The highest BCUT2D eigenvalue weighted by molar-refractivity contribution is 7.91. The second-order valence-corrected chi connectivity index (χ2v) is 11.2. The van der Waals surface area contributed by atoms with Crippen LogP contribution in [0.2, 0.25) is 0 Å². The molecule has 0 atom stereocenters. The molecule has 1 aromatic carbocycles. The second-order valence-electron chi connectivity index (χ2n) is 9.30. The summed E-state index contributed by atoms with van der Waals surface area (Å²) in [6.07, 6.45) is 5.80. The van der Waals surface area contributed by atoms with Crippen molar-refractivity contribution in [1.29, 1.82) is 0 Å². The van der Waals surface area contributed by atoms with E-state index in [0.717, 1.165) is 31.2 Å². The molecule has 0 saturated heterocycles. The number of sulfone groups is 1. The number of aryl methyl sites for hydroxylation is 2. The Kier molecular flexibility index (Phi) is 6.41. The first-order valence-electron chi connectivity index (χ1n) is 10.6. The van der Waals surface area contributed by atoms with Gasteiger partial charge in [-0.2, -0.15) is 5.10 Å². The van der Waals surface area contributed by atoms with Crippen LogP contribution in [0.4, 0.5) is 0 Å². The van der Waals surface area contributed by atoms with Gasteiger partial charge < -0.3 is 4.74 Å². The average Bonchev–Trinajstić information content (AvgIpc) is 2.99. The third-order valence-electron chi connectivity index (χ3n) is 5.59. The van der Waals surface area contributed by atoms with Gasteiger partial charge in [-0.3, -0.25) is 4.79 Å². The highest BCUT2D eigenvalue weighted by atomic mass is 32.2. The van der Waals surface area contributed by atoms with E-state index >= 15 is 0 Å². The molecule has 0 unspecified atom stereocenters. The first kappa shape index (κ1) is 22.5. The predicted molar refractivity (Wildman–Crippen MR) is 115 cm³/mol. The van der Waals surface area contributed by atoms with E-state index in [1.807, 2.05) is 27.7 Å². The molecule has 0 bridgehead atoms. The van der Waals surface area contributed by atoms with Crippen molar-refractivity contribution >= 4 is 15.8 Å². The molecule has 6 nitrogen and oxygen atoms in total. The van der Waals surface area contributed by atoms with Crippen molar-refractivity contribution in [2.75, 3.05) is 0 Å². The van der Waals surface area contributed by atoms with E-state index in [1.54, 1.807) is 31.2 Å².